The van der Waals surface area contributed by atoms with Crippen LogP contribution in [0.5, 0.6) is 0 Å². The van der Waals surface area contributed by atoms with Crippen LogP contribution < -0.4 is 5.73 Å². The zero-order valence-corrected chi connectivity index (χ0v) is 10.5. The molecular weight excluding hydrogens is 212 g/mol. The van der Waals surface area contributed by atoms with E-state index in [9.17, 15) is 0 Å². The van der Waals surface area contributed by atoms with Crippen molar-refractivity contribution in [3.63, 3.8) is 0 Å². The van der Waals surface area contributed by atoms with E-state index in [0.717, 1.165) is 6.42 Å². The van der Waals surface area contributed by atoms with E-state index >= 15 is 0 Å². The molecule has 3 heteroatoms. The highest BCUT2D eigenvalue weighted by Crippen LogP contribution is 2.28. The Kier molecular flexibility index (Phi) is 3.50. The Labute approximate surface area is 102 Å². The highest BCUT2D eigenvalue weighted by molar-refractivity contribution is 5.89. The highest BCUT2D eigenvalue weighted by atomic mass is 16.3. The van der Waals surface area contributed by atoms with Crippen molar-refractivity contribution in [1.82, 2.24) is 4.57 Å². The van der Waals surface area contributed by atoms with Gasteiger partial charge in [-0.05, 0) is 43.5 Å². The minimum atomic E-state index is 0.166. The fourth-order valence-corrected chi connectivity index (χ4v) is 2.52. The summed E-state index contributed by atoms with van der Waals surface area (Å²) in [6.07, 6.45) is 3.02. The van der Waals surface area contributed by atoms with Crippen LogP contribution in [-0.4, -0.2) is 22.8 Å². The summed E-state index contributed by atoms with van der Waals surface area (Å²) in [5.74, 6) is 0. The first-order valence-corrected chi connectivity index (χ1v) is 6.08. The third kappa shape index (κ3) is 2.08. The molecule has 0 spiro atoms. The molecule has 0 unspecified atom stereocenters. The summed E-state index contributed by atoms with van der Waals surface area (Å²) in [6.45, 7) is 5.71. The van der Waals surface area contributed by atoms with Crippen molar-refractivity contribution in [2.75, 3.05) is 13.2 Å². The van der Waals surface area contributed by atoms with E-state index in [1.54, 1.807) is 0 Å². The largest absolute Gasteiger partial charge is 0.395 e. The Morgan fingerprint density at radius 3 is 2.59 bits per heavy atom. The molecular formula is C14H20N2O. The molecule has 3 N–H and O–H groups in total. The first kappa shape index (κ1) is 12.1. The molecule has 0 radical (unpaired) electrons. The van der Waals surface area contributed by atoms with E-state index in [2.05, 4.69) is 36.7 Å². The number of hydrogen-bond donors (Lipinski definition) is 2. The van der Waals surface area contributed by atoms with Crippen LogP contribution in [0.2, 0.25) is 0 Å². The topological polar surface area (TPSA) is 51.2 Å². The van der Waals surface area contributed by atoms with Crippen LogP contribution >= 0.6 is 0 Å². The zero-order valence-electron chi connectivity index (χ0n) is 10.5. The van der Waals surface area contributed by atoms with E-state index in [1.165, 1.54) is 27.6 Å². The number of aliphatic hydroxyl groups is 1. The van der Waals surface area contributed by atoms with Gasteiger partial charge in [0, 0.05) is 18.1 Å². The van der Waals surface area contributed by atoms with Crippen molar-refractivity contribution >= 4 is 10.9 Å². The second-order valence-corrected chi connectivity index (χ2v) is 4.53. The van der Waals surface area contributed by atoms with Gasteiger partial charge in [-0.3, -0.25) is 0 Å². The molecule has 0 aliphatic rings. The van der Waals surface area contributed by atoms with Crippen LogP contribution in [-0.2, 0) is 13.0 Å². The molecule has 92 valence electrons. The van der Waals surface area contributed by atoms with Crippen molar-refractivity contribution in [2.45, 2.75) is 26.8 Å². The Hall–Kier alpha value is -1.32. The lowest BCUT2D eigenvalue weighted by Crippen LogP contribution is -2.03. The predicted molar refractivity (Wildman–Crippen MR) is 71.3 cm³/mol. The van der Waals surface area contributed by atoms with Gasteiger partial charge in [0.1, 0.15) is 0 Å². The van der Waals surface area contributed by atoms with Gasteiger partial charge in [-0.15, -0.1) is 0 Å². The molecule has 0 amide bonds. The van der Waals surface area contributed by atoms with Crippen LogP contribution in [0.15, 0.2) is 18.3 Å². The molecule has 0 fully saturated rings. The number of hydrogen-bond acceptors (Lipinski definition) is 2. The third-order valence-corrected chi connectivity index (χ3v) is 3.26. The molecule has 0 saturated carbocycles. The van der Waals surface area contributed by atoms with Gasteiger partial charge in [-0.25, -0.2) is 0 Å². The summed E-state index contributed by atoms with van der Waals surface area (Å²) in [6, 6.07) is 4.29. The Balaban J connectivity index is 2.71. The summed E-state index contributed by atoms with van der Waals surface area (Å²) in [4.78, 5) is 0. The maximum atomic E-state index is 9.13. The first-order chi connectivity index (χ1) is 8.19. The summed E-state index contributed by atoms with van der Waals surface area (Å²) in [5, 5.41) is 10.4. The number of aromatic nitrogens is 1. The highest BCUT2D eigenvalue weighted by Gasteiger charge is 2.11. The van der Waals surface area contributed by atoms with Gasteiger partial charge in [0.05, 0.1) is 12.1 Å². The molecule has 0 aliphatic heterocycles. The van der Waals surface area contributed by atoms with Gasteiger partial charge in [0.2, 0.25) is 0 Å². The fourth-order valence-electron chi connectivity index (χ4n) is 2.52. The summed E-state index contributed by atoms with van der Waals surface area (Å²) >= 11 is 0. The molecule has 2 rings (SSSR count). The van der Waals surface area contributed by atoms with E-state index in [-0.39, 0.29) is 6.61 Å². The molecule has 1 aromatic heterocycles. The number of rotatable bonds is 4. The van der Waals surface area contributed by atoms with E-state index < -0.39 is 0 Å². The van der Waals surface area contributed by atoms with Crippen molar-refractivity contribution < 1.29 is 5.11 Å². The van der Waals surface area contributed by atoms with Gasteiger partial charge < -0.3 is 15.4 Å². The van der Waals surface area contributed by atoms with Crippen molar-refractivity contribution in [1.29, 1.82) is 0 Å². The molecule has 1 aromatic carbocycles. The van der Waals surface area contributed by atoms with Crippen LogP contribution in [0.4, 0.5) is 0 Å². The number of nitrogens with two attached hydrogens (primary N) is 1. The Bertz CT molecular complexity index is 482. The number of fused-ring (bicyclic) bond motifs is 1. The number of aliphatic hydroxyl groups excluding tert-OH is 1. The average Bonchev–Trinajstić information content (AvgIpc) is 2.65. The number of benzene rings is 1. The smallest absolute Gasteiger partial charge is 0.0610 e. The monoisotopic (exact) mass is 232 g/mol. The van der Waals surface area contributed by atoms with Gasteiger partial charge in [0.25, 0.3) is 0 Å². The molecule has 3 nitrogen and oxygen atoms in total. The zero-order chi connectivity index (χ0) is 12.4. The lowest BCUT2D eigenvalue weighted by Gasteiger charge is -2.07. The van der Waals surface area contributed by atoms with E-state index in [4.69, 9.17) is 10.8 Å². The molecule has 0 aliphatic carbocycles. The minimum absolute atomic E-state index is 0.166. The van der Waals surface area contributed by atoms with E-state index in [0.29, 0.717) is 13.1 Å². The van der Waals surface area contributed by atoms with Crippen LogP contribution in [0, 0.1) is 13.8 Å². The quantitative estimate of drug-likeness (QED) is 0.843. The van der Waals surface area contributed by atoms with Crippen LogP contribution in [0.3, 0.4) is 0 Å². The Morgan fingerprint density at radius 2 is 1.94 bits per heavy atom. The van der Waals surface area contributed by atoms with Gasteiger partial charge >= 0.3 is 0 Å². The van der Waals surface area contributed by atoms with Gasteiger partial charge in [-0.2, -0.15) is 0 Å². The lowest BCUT2D eigenvalue weighted by atomic mass is 10.0. The number of aryl methyl sites for hydroxylation is 2. The van der Waals surface area contributed by atoms with Crippen LogP contribution in [0.25, 0.3) is 10.9 Å². The lowest BCUT2D eigenvalue weighted by molar-refractivity contribution is 0.278. The van der Waals surface area contributed by atoms with Gasteiger partial charge in [0.15, 0.2) is 0 Å². The standard InChI is InChI=1S/C14H20N2O/c1-10-3-4-11(2)14-13(10)12(5-6-15)9-16(14)7-8-17/h3-4,9,17H,5-8,15H2,1-2H3. The van der Waals surface area contributed by atoms with E-state index in [1.807, 2.05) is 0 Å². The average molecular weight is 232 g/mol. The predicted octanol–water partition coefficient (Wildman–Crippen LogP) is 1.75. The summed E-state index contributed by atoms with van der Waals surface area (Å²) in [5.41, 5.74) is 10.7. The third-order valence-electron chi connectivity index (χ3n) is 3.26. The van der Waals surface area contributed by atoms with Crippen molar-refractivity contribution in [2.24, 2.45) is 5.73 Å². The van der Waals surface area contributed by atoms with Crippen LogP contribution in [0.1, 0.15) is 16.7 Å². The normalized spacial score (nSPS) is 11.3. The molecule has 2 aromatic rings. The maximum Gasteiger partial charge on any atom is 0.0610 e. The molecule has 17 heavy (non-hydrogen) atoms. The number of nitrogens with zero attached hydrogens (tertiary/aromatic N) is 1. The Morgan fingerprint density at radius 1 is 1.24 bits per heavy atom. The maximum absolute atomic E-state index is 9.13. The molecule has 0 saturated heterocycles. The molecule has 1 heterocycles. The molecule has 0 bridgehead atoms. The summed E-state index contributed by atoms with van der Waals surface area (Å²) < 4.78 is 2.14. The van der Waals surface area contributed by atoms with Crippen molar-refractivity contribution in [3.8, 4) is 0 Å². The second kappa shape index (κ2) is 4.90. The molecule has 0 atom stereocenters. The minimum Gasteiger partial charge on any atom is -0.395 e. The first-order valence-electron chi connectivity index (χ1n) is 6.08. The summed E-state index contributed by atoms with van der Waals surface area (Å²) in [7, 11) is 0. The SMILES string of the molecule is Cc1ccc(C)c2c1c(CCN)cn2CCO. The van der Waals surface area contributed by atoms with Gasteiger partial charge in [-0.1, -0.05) is 12.1 Å². The van der Waals surface area contributed by atoms with Crippen molar-refractivity contribution in [3.05, 3.63) is 35.0 Å². The fraction of sp³-hybridized carbons (Fsp3) is 0.429. The second-order valence-electron chi connectivity index (χ2n) is 4.53.